The molecule has 0 aliphatic rings. The van der Waals surface area contributed by atoms with Gasteiger partial charge in [0.15, 0.2) is 0 Å². The second-order valence-corrected chi connectivity index (χ2v) is 4.07. The van der Waals surface area contributed by atoms with Gasteiger partial charge in [-0.3, -0.25) is 0 Å². The van der Waals surface area contributed by atoms with Crippen molar-refractivity contribution in [1.29, 1.82) is 0 Å². The van der Waals surface area contributed by atoms with Crippen LogP contribution in [0.1, 0.15) is 27.7 Å². The normalized spacial score (nSPS) is 9.18. The molecule has 0 spiro atoms. The van der Waals surface area contributed by atoms with Crippen LogP contribution in [0.2, 0.25) is 0 Å². The van der Waals surface area contributed by atoms with E-state index in [2.05, 4.69) is 23.7 Å². The van der Waals surface area contributed by atoms with Gasteiger partial charge >= 0.3 is 11.9 Å². The summed E-state index contributed by atoms with van der Waals surface area (Å²) in [5.74, 6) is 8.24. The van der Waals surface area contributed by atoms with Crippen molar-refractivity contribution in [3.05, 3.63) is 0 Å². The summed E-state index contributed by atoms with van der Waals surface area (Å²) in [6, 6.07) is 0. The van der Waals surface area contributed by atoms with Crippen LogP contribution in [-0.4, -0.2) is 25.2 Å². The molecule has 0 atom stereocenters. The molecule has 0 fully saturated rings. The molecule has 4 nitrogen and oxygen atoms in total. The Morgan fingerprint density at radius 2 is 1.29 bits per heavy atom. The van der Waals surface area contributed by atoms with Gasteiger partial charge in [-0.2, -0.15) is 0 Å². The molecule has 0 bridgehead atoms. The summed E-state index contributed by atoms with van der Waals surface area (Å²) in [6.45, 7) is 6.99. The summed E-state index contributed by atoms with van der Waals surface area (Å²) in [4.78, 5) is 22.0. The molecular weight excluding hydrogens is 220 g/mol. The summed E-state index contributed by atoms with van der Waals surface area (Å²) in [5.41, 5.74) is -0.462. The van der Waals surface area contributed by atoms with Gasteiger partial charge in [-0.25, -0.2) is 9.59 Å². The van der Waals surface area contributed by atoms with Gasteiger partial charge in [0.05, 0.1) is 0 Å². The fourth-order valence-corrected chi connectivity index (χ4v) is 0.840. The van der Waals surface area contributed by atoms with Crippen LogP contribution < -0.4 is 0 Å². The average Bonchev–Trinajstić information content (AvgIpc) is 2.25. The van der Waals surface area contributed by atoms with Gasteiger partial charge in [0.2, 0.25) is 0 Å². The van der Waals surface area contributed by atoms with Crippen molar-refractivity contribution in [2.45, 2.75) is 27.7 Å². The smallest absolute Gasteiger partial charge is 0.384 e. The molecule has 0 amide bonds. The van der Waals surface area contributed by atoms with Crippen molar-refractivity contribution < 1.29 is 19.1 Å². The number of esters is 2. The Labute approximate surface area is 102 Å². The summed E-state index contributed by atoms with van der Waals surface area (Å²) in [5, 5.41) is 0. The molecule has 0 aromatic heterocycles. The minimum atomic E-state index is -0.583. The van der Waals surface area contributed by atoms with E-state index in [4.69, 9.17) is 9.47 Å². The molecule has 0 N–H and O–H groups in total. The lowest BCUT2D eigenvalue weighted by Gasteiger charge is -2.22. The van der Waals surface area contributed by atoms with E-state index in [0.29, 0.717) is 0 Å². The second kappa shape index (κ2) is 7.35. The molecule has 4 heteroatoms. The Morgan fingerprint density at radius 3 is 1.59 bits per heavy atom. The third-order valence-electron chi connectivity index (χ3n) is 1.64. The van der Waals surface area contributed by atoms with E-state index in [1.54, 1.807) is 13.8 Å². The van der Waals surface area contributed by atoms with E-state index in [9.17, 15) is 9.59 Å². The Balaban J connectivity index is 4.09. The highest BCUT2D eigenvalue weighted by Crippen LogP contribution is 2.15. The number of carbonyl (C=O) groups is 2. The average molecular weight is 236 g/mol. The molecule has 0 rings (SSSR count). The number of hydrogen-bond donors (Lipinski definition) is 0. The van der Waals surface area contributed by atoms with Crippen LogP contribution in [0.4, 0.5) is 0 Å². The standard InChI is InChI=1S/C13H16O4/c1-5-7-11(14)16-9-13(3,4)10-17-12(15)8-6-2/h9-10H2,1-4H3. The van der Waals surface area contributed by atoms with E-state index in [0.717, 1.165) is 0 Å². The molecule has 0 aliphatic carbocycles. The van der Waals surface area contributed by atoms with Crippen molar-refractivity contribution >= 4 is 11.9 Å². The van der Waals surface area contributed by atoms with Gasteiger partial charge in [-0.1, -0.05) is 25.7 Å². The first-order valence-corrected chi connectivity index (χ1v) is 5.10. The molecular formula is C13H16O4. The van der Waals surface area contributed by atoms with Crippen molar-refractivity contribution in [3.63, 3.8) is 0 Å². The summed E-state index contributed by atoms with van der Waals surface area (Å²) in [7, 11) is 0. The molecule has 0 heterocycles. The van der Waals surface area contributed by atoms with Crippen LogP contribution in [0.3, 0.4) is 0 Å². The fourth-order valence-electron chi connectivity index (χ4n) is 0.840. The zero-order valence-electron chi connectivity index (χ0n) is 10.5. The van der Waals surface area contributed by atoms with E-state index >= 15 is 0 Å². The fraction of sp³-hybridized carbons (Fsp3) is 0.538. The van der Waals surface area contributed by atoms with Crippen molar-refractivity contribution in [2.75, 3.05) is 13.2 Å². The highest BCUT2D eigenvalue weighted by molar-refractivity contribution is 5.88. The maximum atomic E-state index is 11.0. The van der Waals surface area contributed by atoms with Gasteiger partial charge in [0.1, 0.15) is 13.2 Å². The van der Waals surface area contributed by atoms with Crippen LogP contribution in [0.15, 0.2) is 0 Å². The first kappa shape index (κ1) is 15.1. The molecule has 0 unspecified atom stereocenters. The van der Waals surface area contributed by atoms with Crippen molar-refractivity contribution in [1.82, 2.24) is 0 Å². The Bertz CT molecular complexity index is 361. The van der Waals surface area contributed by atoms with Crippen molar-refractivity contribution in [2.24, 2.45) is 5.41 Å². The topological polar surface area (TPSA) is 52.6 Å². The Morgan fingerprint density at radius 1 is 0.941 bits per heavy atom. The van der Waals surface area contributed by atoms with Gasteiger partial charge < -0.3 is 9.47 Å². The predicted octanol–water partition coefficient (Wildman–Crippen LogP) is 1.15. The van der Waals surface area contributed by atoms with Crippen LogP contribution in [0.25, 0.3) is 0 Å². The lowest BCUT2D eigenvalue weighted by molar-refractivity contribution is -0.145. The monoisotopic (exact) mass is 236 g/mol. The lowest BCUT2D eigenvalue weighted by Crippen LogP contribution is -2.28. The van der Waals surface area contributed by atoms with E-state index in [1.165, 1.54) is 0 Å². The largest absolute Gasteiger partial charge is 0.455 e. The first-order valence-electron chi connectivity index (χ1n) is 5.10. The SMILES string of the molecule is CC#CC(=O)OCC(C)(C)COC(=O)C#CC. The molecule has 0 saturated carbocycles. The van der Waals surface area contributed by atoms with Gasteiger partial charge in [0, 0.05) is 17.3 Å². The Hall–Kier alpha value is -1.94. The molecule has 0 saturated heterocycles. The maximum absolute atomic E-state index is 11.0. The summed E-state index contributed by atoms with van der Waals surface area (Å²) in [6.07, 6.45) is 0. The number of rotatable bonds is 4. The zero-order valence-corrected chi connectivity index (χ0v) is 10.5. The van der Waals surface area contributed by atoms with Gasteiger partial charge in [-0.15, -0.1) is 0 Å². The van der Waals surface area contributed by atoms with Crippen LogP contribution in [0.5, 0.6) is 0 Å². The van der Waals surface area contributed by atoms with E-state index in [1.807, 2.05) is 13.8 Å². The molecule has 0 aliphatic heterocycles. The van der Waals surface area contributed by atoms with Crippen molar-refractivity contribution in [3.8, 4) is 23.7 Å². The zero-order chi connectivity index (χ0) is 13.3. The van der Waals surface area contributed by atoms with Gasteiger partial charge in [-0.05, 0) is 13.8 Å². The predicted molar refractivity (Wildman–Crippen MR) is 62.6 cm³/mol. The summed E-state index contributed by atoms with van der Waals surface area (Å²) >= 11 is 0. The van der Waals surface area contributed by atoms with Crippen LogP contribution in [-0.2, 0) is 19.1 Å². The maximum Gasteiger partial charge on any atom is 0.384 e. The number of hydrogen-bond acceptors (Lipinski definition) is 4. The van der Waals surface area contributed by atoms with Gasteiger partial charge in [0.25, 0.3) is 0 Å². The lowest BCUT2D eigenvalue weighted by atomic mass is 9.96. The number of carbonyl (C=O) groups excluding carboxylic acids is 2. The molecule has 0 aromatic carbocycles. The third kappa shape index (κ3) is 7.93. The highest BCUT2D eigenvalue weighted by Gasteiger charge is 2.22. The van der Waals surface area contributed by atoms with Crippen LogP contribution >= 0.6 is 0 Å². The molecule has 0 radical (unpaired) electrons. The molecule has 17 heavy (non-hydrogen) atoms. The minimum Gasteiger partial charge on any atom is -0.455 e. The molecule has 0 aromatic rings. The van der Waals surface area contributed by atoms with E-state index in [-0.39, 0.29) is 13.2 Å². The van der Waals surface area contributed by atoms with E-state index < -0.39 is 17.4 Å². The second-order valence-electron chi connectivity index (χ2n) is 4.07. The Kier molecular flexibility index (Phi) is 6.51. The number of ether oxygens (including phenoxy) is 2. The third-order valence-corrected chi connectivity index (χ3v) is 1.64. The first-order chi connectivity index (χ1) is 7.91. The minimum absolute atomic E-state index is 0.132. The molecule has 92 valence electrons. The highest BCUT2D eigenvalue weighted by atomic mass is 16.5. The summed E-state index contributed by atoms with van der Waals surface area (Å²) < 4.78 is 9.80. The van der Waals surface area contributed by atoms with Crippen LogP contribution in [0, 0.1) is 29.1 Å². The quantitative estimate of drug-likeness (QED) is 0.417.